The summed E-state index contributed by atoms with van der Waals surface area (Å²) in [6.45, 7) is 7.84. The molecule has 0 amide bonds. The summed E-state index contributed by atoms with van der Waals surface area (Å²) < 4.78 is 0.889. The molecule has 15 heavy (non-hydrogen) atoms. The molecule has 1 N–H and O–H groups in total. The topological polar surface area (TPSA) is 15.3 Å². The van der Waals surface area contributed by atoms with Gasteiger partial charge in [0.05, 0.1) is 4.34 Å². The standard InChI is InChI=1S/C11H17ClN2S/c1-8-7-13-5-6-14(8)9(2)10-3-4-11(12)15-10/h3-4,8-9,13H,5-7H2,1-2H3. The molecule has 2 nitrogen and oxygen atoms in total. The molecule has 84 valence electrons. The van der Waals surface area contributed by atoms with E-state index in [1.807, 2.05) is 6.07 Å². The summed E-state index contributed by atoms with van der Waals surface area (Å²) in [5.41, 5.74) is 0. The summed E-state index contributed by atoms with van der Waals surface area (Å²) in [4.78, 5) is 3.91. The number of thiophene rings is 1. The van der Waals surface area contributed by atoms with Crippen LogP contribution in [0.3, 0.4) is 0 Å². The molecule has 0 aliphatic carbocycles. The maximum absolute atomic E-state index is 5.97. The molecule has 0 spiro atoms. The van der Waals surface area contributed by atoms with Gasteiger partial charge in [-0.05, 0) is 26.0 Å². The zero-order valence-corrected chi connectivity index (χ0v) is 10.7. The van der Waals surface area contributed by atoms with Crippen molar-refractivity contribution in [2.75, 3.05) is 19.6 Å². The van der Waals surface area contributed by atoms with Gasteiger partial charge in [0.15, 0.2) is 0 Å². The fraction of sp³-hybridized carbons (Fsp3) is 0.636. The monoisotopic (exact) mass is 244 g/mol. The van der Waals surface area contributed by atoms with E-state index in [9.17, 15) is 0 Å². The summed E-state index contributed by atoms with van der Waals surface area (Å²) in [7, 11) is 0. The number of halogens is 1. The van der Waals surface area contributed by atoms with Crippen LogP contribution in [0.5, 0.6) is 0 Å². The van der Waals surface area contributed by atoms with Crippen LogP contribution in [0.25, 0.3) is 0 Å². The molecule has 1 saturated heterocycles. The van der Waals surface area contributed by atoms with Gasteiger partial charge in [0.25, 0.3) is 0 Å². The van der Waals surface area contributed by atoms with Crippen LogP contribution in [-0.4, -0.2) is 30.6 Å². The summed E-state index contributed by atoms with van der Waals surface area (Å²) >= 11 is 7.66. The van der Waals surface area contributed by atoms with Gasteiger partial charge in [0.1, 0.15) is 0 Å². The third-order valence-electron chi connectivity index (χ3n) is 3.06. The predicted molar refractivity (Wildman–Crippen MR) is 66.8 cm³/mol. The van der Waals surface area contributed by atoms with Gasteiger partial charge in [0, 0.05) is 36.6 Å². The lowest BCUT2D eigenvalue weighted by Crippen LogP contribution is -2.50. The minimum atomic E-state index is 0.486. The number of piperazine rings is 1. The molecule has 0 aromatic carbocycles. The van der Waals surface area contributed by atoms with Crippen LogP contribution in [-0.2, 0) is 0 Å². The van der Waals surface area contributed by atoms with Crippen molar-refractivity contribution in [3.63, 3.8) is 0 Å². The van der Waals surface area contributed by atoms with E-state index in [1.165, 1.54) is 4.88 Å². The second kappa shape index (κ2) is 4.83. The first-order valence-corrected chi connectivity index (χ1v) is 6.59. The molecule has 1 aliphatic rings. The van der Waals surface area contributed by atoms with Crippen LogP contribution >= 0.6 is 22.9 Å². The number of rotatable bonds is 2. The van der Waals surface area contributed by atoms with Gasteiger partial charge in [-0.15, -0.1) is 11.3 Å². The summed E-state index contributed by atoms with van der Waals surface area (Å²) in [6.07, 6.45) is 0. The number of hydrogen-bond donors (Lipinski definition) is 1. The summed E-state index contributed by atoms with van der Waals surface area (Å²) in [5, 5.41) is 3.41. The first kappa shape index (κ1) is 11.4. The SMILES string of the molecule is CC1CNCCN1C(C)c1ccc(Cl)s1. The number of hydrogen-bond acceptors (Lipinski definition) is 3. The van der Waals surface area contributed by atoms with Gasteiger partial charge in [-0.2, -0.15) is 0 Å². The molecule has 1 aromatic heterocycles. The Morgan fingerprint density at radius 3 is 3.00 bits per heavy atom. The van der Waals surface area contributed by atoms with Gasteiger partial charge in [-0.3, -0.25) is 4.90 Å². The van der Waals surface area contributed by atoms with Crippen molar-refractivity contribution in [2.45, 2.75) is 25.9 Å². The second-order valence-corrected chi connectivity index (χ2v) is 5.86. The zero-order chi connectivity index (χ0) is 10.8. The Kier molecular flexibility index (Phi) is 3.67. The first-order valence-electron chi connectivity index (χ1n) is 5.40. The maximum atomic E-state index is 5.97. The lowest BCUT2D eigenvalue weighted by Gasteiger charge is -2.38. The molecule has 0 saturated carbocycles. The van der Waals surface area contributed by atoms with Crippen LogP contribution in [0.15, 0.2) is 12.1 Å². The normalized spacial score (nSPS) is 25.4. The highest BCUT2D eigenvalue weighted by Crippen LogP contribution is 2.31. The Labute approximate surface area is 100 Å². The Morgan fingerprint density at radius 2 is 2.40 bits per heavy atom. The Morgan fingerprint density at radius 1 is 1.60 bits per heavy atom. The molecule has 0 bridgehead atoms. The van der Waals surface area contributed by atoms with Crippen LogP contribution in [0, 0.1) is 0 Å². The minimum Gasteiger partial charge on any atom is -0.314 e. The molecule has 2 unspecified atom stereocenters. The lowest BCUT2D eigenvalue weighted by atomic mass is 10.1. The van der Waals surface area contributed by atoms with Gasteiger partial charge < -0.3 is 5.32 Å². The highest BCUT2D eigenvalue weighted by molar-refractivity contribution is 7.16. The number of nitrogens with zero attached hydrogens (tertiary/aromatic N) is 1. The largest absolute Gasteiger partial charge is 0.314 e. The Balaban J connectivity index is 2.09. The third-order valence-corrected chi connectivity index (χ3v) is 4.46. The van der Waals surface area contributed by atoms with E-state index in [0.29, 0.717) is 12.1 Å². The van der Waals surface area contributed by atoms with Crippen molar-refractivity contribution in [2.24, 2.45) is 0 Å². The molecule has 1 fully saturated rings. The predicted octanol–water partition coefficient (Wildman–Crippen LogP) is 2.76. The smallest absolute Gasteiger partial charge is 0.0931 e. The van der Waals surface area contributed by atoms with E-state index in [2.05, 4.69) is 30.1 Å². The molecule has 2 atom stereocenters. The van der Waals surface area contributed by atoms with Crippen molar-refractivity contribution >= 4 is 22.9 Å². The van der Waals surface area contributed by atoms with E-state index >= 15 is 0 Å². The van der Waals surface area contributed by atoms with E-state index in [-0.39, 0.29) is 0 Å². The van der Waals surface area contributed by atoms with E-state index in [4.69, 9.17) is 11.6 Å². The fourth-order valence-electron chi connectivity index (χ4n) is 2.15. The second-order valence-electron chi connectivity index (χ2n) is 4.11. The van der Waals surface area contributed by atoms with Crippen LogP contribution in [0.2, 0.25) is 4.34 Å². The Hall–Kier alpha value is -0.0900. The lowest BCUT2D eigenvalue weighted by molar-refractivity contribution is 0.128. The van der Waals surface area contributed by atoms with E-state index in [0.717, 1.165) is 24.0 Å². The van der Waals surface area contributed by atoms with Crippen molar-refractivity contribution in [1.82, 2.24) is 10.2 Å². The van der Waals surface area contributed by atoms with E-state index in [1.54, 1.807) is 11.3 Å². The van der Waals surface area contributed by atoms with Crippen LogP contribution in [0.1, 0.15) is 24.8 Å². The highest BCUT2D eigenvalue weighted by atomic mass is 35.5. The molecule has 4 heteroatoms. The Bertz CT molecular complexity index is 326. The van der Waals surface area contributed by atoms with Crippen molar-refractivity contribution in [1.29, 1.82) is 0 Å². The number of nitrogens with one attached hydrogen (secondary N) is 1. The molecule has 0 radical (unpaired) electrons. The molecule has 2 heterocycles. The quantitative estimate of drug-likeness (QED) is 0.861. The average Bonchev–Trinajstić information content (AvgIpc) is 2.65. The first-order chi connectivity index (χ1) is 7.18. The van der Waals surface area contributed by atoms with Crippen molar-refractivity contribution in [3.8, 4) is 0 Å². The molecule has 2 rings (SSSR count). The van der Waals surface area contributed by atoms with Crippen molar-refractivity contribution < 1.29 is 0 Å². The molecular weight excluding hydrogens is 228 g/mol. The average molecular weight is 245 g/mol. The van der Waals surface area contributed by atoms with Crippen LogP contribution < -0.4 is 5.32 Å². The third kappa shape index (κ3) is 2.53. The molecule has 1 aromatic rings. The van der Waals surface area contributed by atoms with Crippen molar-refractivity contribution in [3.05, 3.63) is 21.3 Å². The maximum Gasteiger partial charge on any atom is 0.0931 e. The highest BCUT2D eigenvalue weighted by Gasteiger charge is 2.24. The van der Waals surface area contributed by atoms with Gasteiger partial charge in [0.2, 0.25) is 0 Å². The molecule has 1 aliphatic heterocycles. The van der Waals surface area contributed by atoms with Gasteiger partial charge in [-0.25, -0.2) is 0 Å². The fourth-order valence-corrected chi connectivity index (χ4v) is 3.28. The van der Waals surface area contributed by atoms with Gasteiger partial charge in [-0.1, -0.05) is 11.6 Å². The zero-order valence-electron chi connectivity index (χ0n) is 9.16. The summed E-state index contributed by atoms with van der Waals surface area (Å²) in [5.74, 6) is 0. The van der Waals surface area contributed by atoms with Gasteiger partial charge >= 0.3 is 0 Å². The van der Waals surface area contributed by atoms with E-state index < -0.39 is 0 Å². The summed E-state index contributed by atoms with van der Waals surface area (Å²) in [6, 6.07) is 5.23. The minimum absolute atomic E-state index is 0.486. The molecular formula is C11H17ClN2S. The van der Waals surface area contributed by atoms with Crippen LogP contribution in [0.4, 0.5) is 0 Å².